The molecule has 0 unspecified atom stereocenters. The lowest BCUT2D eigenvalue weighted by Gasteiger charge is -2.21. The van der Waals surface area contributed by atoms with Crippen LogP contribution in [0.15, 0.2) is 10.2 Å². The second kappa shape index (κ2) is 6.33. The summed E-state index contributed by atoms with van der Waals surface area (Å²) in [4.78, 5) is 22.4. The Labute approximate surface area is 141 Å². The molecule has 2 aliphatic heterocycles. The van der Waals surface area contributed by atoms with Crippen LogP contribution in [0.2, 0.25) is 0 Å². The first-order valence-corrected chi connectivity index (χ1v) is 8.25. The van der Waals surface area contributed by atoms with Gasteiger partial charge in [-0.1, -0.05) is 20.8 Å². The molecule has 1 aromatic heterocycles. The number of amides is 1. The molecule has 1 N–H and O–H groups in total. The summed E-state index contributed by atoms with van der Waals surface area (Å²) in [7, 11) is 0. The number of carbonyl (C=O) groups excluding carboxylic acids is 1. The van der Waals surface area contributed by atoms with Crippen LogP contribution in [0.4, 0.5) is 11.5 Å². The van der Waals surface area contributed by atoms with Crippen LogP contribution in [-0.2, 0) is 11.3 Å². The van der Waals surface area contributed by atoms with E-state index in [1.807, 2.05) is 0 Å². The van der Waals surface area contributed by atoms with Crippen molar-refractivity contribution in [1.82, 2.24) is 15.3 Å². The van der Waals surface area contributed by atoms with Gasteiger partial charge in [-0.05, 0) is 11.8 Å². The van der Waals surface area contributed by atoms with E-state index < -0.39 is 0 Å². The number of fused-ring (bicyclic) bond motifs is 1. The first kappa shape index (κ1) is 16.6. The van der Waals surface area contributed by atoms with Crippen molar-refractivity contribution >= 4 is 17.4 Å². The number of ether oxygens (including phenoxy) is 1. The molecule has 3 heterocycles. The Morgan fingerprint density at radius 1 is 1.38 bits per heavy atom. The van der Waals surface area contributed by atoms with Crippen LogP contribution in [0.3, 0.4) is 0 Å². The van der Waals surface area contributed by atoms with Crippen LogP contribution in [0.5, 0.6) is 6.01 Å². The van der Waals surface area contributed by atoms with Crippen molar-refractivity contribution in [3.63, 3.8) is 0 Å². The number of rotatable bonds is 4. The van der Waals surface area contributed by atoms with Gasteiger partial charge in [-0.15, -0.1) is 5.11 Å². The third kappa shape index (κ3) is 3.80. The molecule has 130 valence electrons. The number of carbonyl (C=O) groups is 1. The van der Waals surface area contributed by atoms with E-state index in [4.69, 9.17) is 4.74 Å². The van der Waals surface area contributed by atoms with E-state index in [0.29, 0.717) is 25.7 Å². The van der Waals surface area contributed by atoms with Crippen molar-refractivity contribution < 1.29 is 9.53 Å². The van der Waals surface area contributed by atoms with Crippen molar-refractivity contribution in [1.29, 1.82) is 0 Å². The van der Waals surface area contributed by atoms with Crippen molar-refractivity contribution in [2.24, 2.45) is 15.6 Å². The highest BCUT2D eigenvalue weighted by molar-refractivity contribution is 5.73. The van der Waals surface area contributed by atoms with Crippen molar-refractivity contribution in [3.05, 3.63) is 5.69 Å². The van der Waals surface area contributed by atoms with Gasteiger partial charge in [0.1, 0.15) is 12.2 Å². The van der Waals surface area contributed by atoms with E-state index in [1.54, 1.807) is 0 Å². The zero-order valence-electron chi connectivity index (χ0n) is 14.7. The summed E-state index contributed by atoms with van der Waals surface area (Å²) in [5.41, 5.74) is 1.55. The quantitative estimate of drug-likeness (QED) is 0.912. The SMILES string of the molecule is CC(=O)N[C@H]1CCN(c2nc(OCC(C)(C)C)nc3c2N=NC3)C1. The Morgan fingerprint density at radius 3 is 2.88 bits per heavy atom. The Hall–Kier alpha value is -2.25. The van der Waals surface area contributed by atoms with E-state index in [1.165, 1.54) is 6.92 Å². The van der Waals surface area contributed by atoms with Gasteiger partial charge in [0, 0.05) is 26.1 Å². The first-order chi connectivity index (χ1) is 11.3. The lowest BCUT2D eigenvalue weighted by molar-refractivity contribution is -0.119. The maximum Gasteiger partial charge on any atom is 0.318 e. The molecule has 3 rings (SSSR count). The lowest BCUT2D eigenvalue weighted by atomic mass is 9.99. The number of nitrogens with one attached hydrogen (secondary N) is 1. The molecule has 0 saturated carbocycles. The molecule has 1 saturated heterocycles. The van der Waals surface area contributed by atoms with Gasteiger partial charge in [-0.2, -0.15) is 15.1 Å². The van der Waals surface area contributed by atoms with Crippen LogP contribution in [-0.4, -0.2) is 41.6 Å². The Kier molecular flexibility index (Phi) is 4.38. The zero-order valence-corrected chi connectivity index (χ0v) is 14.7. The van der Waals surface area contributed by atoms with Crippen molar-refractivity contribution in [2.75, 3.05) is 24.6 Å². The van der Waals surface area contributed by atoms with Gasteiger partial charge >= 0.3 is 6.01 Å². The minimum absolute atomic E-state index is 0.0105. The van der Waals surface area contributed by atoms with Gasteiger partial charge in [-0.25, -0.2) is 0 Å². The van der Waals surface area contributed by atoms with Crippen LogP contribution < -0.4 is 15.0 Å². The standard InChI is InChI=1S/C16H24N6O2/c1-10(23)18-11-5-6-22(8-11)14-13-12(7-17-21-13)19-15(20-14)24-9-16(2,3)4/h11H,5-9H2,1-4H3,(H,18,23)/t11-/m0/s1. The van der Waals surface area contributed by atoms with Crippen LogP contribution in [0.25, 0.3) is 0 Å². The Bertz CT molecular complexity index is 667. The van der Waals surface area contributed by atoms with Gasteiger partial charge in [0.05, 0.1) is 6.61 Å². The minimum atomic E-state index is -0.0105. The van der Waals surface area contributed by atoms with Crippen LogP contribution >= 0.6 is 0 Å². The van der Waals surface area contributed by atoms with E-state index in [9.17, 15) is 4.79 Å². The predicted octanol–water partition coefficient (Wildman–Crippen LogP) is 2.21. The maximum absolute atomic E-state index is 11.3. The number of azo groups is 1. The summed E-state index contributed by atoms with van der Waals surface area (Å²) in [6, 6.07) is 0.499. The van der Waals surface area contributed by atoms with Gasteiger partial charge in [0.15, 0.2) is 11.5 Å². The number of aromatic nitrogens is 2. The maximum atomic E-state index is 11.3. The summed E-state index contributed by atoms with van der Waals surface area (Å²) in [5, 5.41) is 11.2. The summed E-state index contributed by atoms with van der Waals surface area (Å²) >= 11 is 0. The highest BCUT2D eigenvalue weighted by atomic mass is 16.5. The van der Waals surface area contributed by atoms with E-state index in [0.717, 1.165) is 30.2 Å². The largest absolute Gasteiger partial charge is 0.463 e. The Morgan fingerprint density at radius 2 is 2.17 bits per heavy atom. The monoisotopic (exact) mass is 332 g/mol. The summed E-state index contributed by atoms with van der Waals surface area (Å²) in [6.45, 7) is 10.4. The molecule has 8 nitrogen and oxygen atoms in total. The third-order valence-electron chi connectivity index (χ3n) is 3.84. The normalized spacial score (nSPS) is 19.5. The fourth-order valence-corrected chi connectivity index (χ4v) is 2.78. The highest BCUT2D eigenvalue weighted by Crippen LogP contribution is 2.37. The minimum Gasteiger partial charge on any atom is -0.463 e. The molecule has 1 aromatic rings. The summed E-state index contributed by atoms with van der Waals surface area (Å²) in [5.74, 6) is 0.738. The number of hydrogen-bond acceptors (Lipinski definition) is 7. The molecule has 0 radical (unpaired) electrons. The lowest BCUT2D eigenvalue weighted by Crippen LogP contribution is -2.35. The molecular weight excluding hydrogens is 308 g/mol. The third-order valence-corrected chi connectivity index (χ3v) is 3.84. The van der Waals surface area contributed by atoms with Gasteiger partial charge in [-0.3, -0.25) is 4.79 Å². The molecule has 0 bridgehead atoms. The molecule has 24 heavy (non-hydrogen) atoms. The number of nitrogens with zero attached hydrogens (tertiary/aromatic N) is 5. The van der Waals surface area contributed by atoms with Gasteiger partial charge < -0.3 is 15.0 Å². The van der Waals surface area contributed by atoms with E-state index >= 15 is 0 Å². The van der Waals surface area contributed by atoms with Gasteiger partial charge in [0.2, 0.25) is 5.91 Å². The highest BCUT2D eigenvalue weighted by Gasteiger charge is 2.29. The second-order valence-corrected chi connectivity index (χ2v) is 7.51. The summed E-state index contributed by atoms with van der Waals surface area (Å²) < 4.78 is 5.79. The van der Waals surface area contributed by atoms with E-state index in [2.05, 4.69) is 51.2 Å². The number of hydrogen-bond donors (Lipinski definition) is 1. The number of anilines is 1. The van der Waals surface area contributed by atoms with Crippen LogP contribution in [0.1, 0.15) is 39.8 Å². The molecule has 0 spiro atoms. The average Bonchev–Trinajstić information content (AvgIpc) is 3.11. The summed E-state index contributed by atoms with van der Waals surface area (Å²) in [6.07, 6.45) is 0.883. The molecule has 2 aliphatic rings. The Balaban J connectivity index is 1.80. The fraction of sp³-hybridized carbons (Fsp3) is 0.688. The molecule has 1 atom stereocenters. The molecule has 1 amide bonds. The van der Waals surface area contributed by atoms with Crippen LogP contribution in [0, 0.1) is 5.41 Å². The van der Waals surface area contributed by atoms with E-state index in [-0.39, 0.29) is 17.4 Å². The molecule has 1 fully saturated rings. The zero-order chi connectivity index (χ0) is 17.3. The molecule has 8 heteroatoms. The average molecular weight is 332 g/mol. The molecular formula is C16H24N6O2. The van der Waals surface area contributed by atoms with Crippen molar-refractivity contribution in [3.8, 4) is 6.01 Å². The second-order valence-electron chi connectivity index (χ2n) is 7.51. The molecule has 0 aliphatic carbocycles. The van der Waals surface area contributed by atoms with Crippen molar-refractivity contribution in [2.45, 2.75) is 46.7 Å². The smallest absolute Gasteiger partial charge is 0.318 e. The first-order valence-electron chi connectivity index (χ1n) is 8.25. The van der Waals surface area contributed by atoms with Gasteiger partial charge in [0.25, 0.3) is 0 Å². The predicted molar refractivity (Wildman–Crippen MR) is 89.6 cm³/mol. The molecule has 0 aromatic carbocycles. The fourth-order valence-electron chi connectivity index (χ4n) is 2.78. The topological polar surface area (TPSA) is 92.1 Å².